The van der Waals surface area contributed by atoms with Gasteiger partial charge in [-0.25, -0.2) is 4.98 Å². The second-order valence-corrected chi connectivity index (χ2v) is 12.8. The lowest BCUT2D eigenvalue weighted by atomic mass is 10.0. The Balaban J connectivity index is 1.06. The molecule has 0 fully saturated rings. The molecule has 0 aliphatic rings. The van der Waals surface area contributed by atoms with Crippen molar-refractivity contribution >= 4 is 60.9 Å². The first kappa shape index (κ1) is 29.0. The van der Waals surface area contributed by atoms with Crippen LogP contribution in [0.5, 0.6) is 0 Å². The quantitative estimate of drug-likeness (QED) is 0.179. The average molecular weight is 655 g/mol. The molecular formula is C47H30N2O2. The van der Waals surface area contributed by atoms with Crippen LogP contribution in [0.15, 0.2) is 191 Å². The zero-order valence-electron chi connectivity index (χ0n) is 27.5. The van der Waals surface area contributed by atoms with E-state index in [1.165, 1.54) is 21.9 Å². The van der Waals surface area contributed by atoms with Gasteiger partial charge in [0.05, 0.1) is 0 Å². The largest absolute Gasteiger partial charge is 0.456 e. The smallest absolute Gasteiger partial charge is 0.227 e. The van der Waals surface area contributed by atoms with E-state index in [0.29, 0.717) is 5.89 Å². The molecule has 2 heterocycles. The van der Waals surface area contributed by atoms with Crippen molar-refractivity contribution in [1.29, 1.82) is 0 Å². The Bertz CT molecular complexity index is 2850. The molecule has 0 unspecified atom stereocenters. The Morgan fingerprint density at radius 3 is 1.84 bits per heavy atom. The molecule has 10 rings (SSSR count). The summed E-state index contributed by atoms with van der Waals surface area (Å²) >= 11 is 0. The van der Waals surface area contributed by atoms with E-state index in [4.69, 9.17) is 13.8 Å². The molecule has 0 radical (unpaired) electrons. The van der Waals surface area contributed by atoms with Crippen molar-refractivity contribution in [2.45, 2.75) is 0 Å². The molecule has 2 aromatic heterocycles. The standard InChI is InChI=1S/C47H30N2O2/c1-2-10-34(11-3-1)47-48-46-40(14-8-16-44(46)51-47)33-21-25-38(26-22-33)49(39-27-28-42-41-13-6-7-15-43(41)50-45(42)30-39)37-23-19-32(20-24-37)36-18-17-31-9-4-5-12-35(31)29-36/h1-30H. The second-order valence-electron chi connectivity index (χ2n) is 12.8. The van der Waals surface area contributed by atoms with Gasteiger partial charge in [-0.2, -0.15) is 0 Å². The fourth-order valence-corrected chi connectivity index (χ4v) is 7.15. The van der Waals surface area contributed by atoms with Gasteiger partial charge in [0.25, 0.3) is 0 Å². The highest BCUT2D eigenvalue weighted by Gasteiger charge is 2.17. The van der Waals surface area contributed by atoms with Gasteiger partial charge in [-0.15, -0.1) is 0 Å². The Hall–Kier alpha value is -6.91. The highest BCUT2D eigenvalue weighted by atomic mass is 16.3. The van der Waals surface area contributed by atoms with E-state index in [-0.39, 0.29) is 0 Å². The van der Waals surface area contributed by atoms with Crippen molar-refractivity contribution in [2.75, 3.05) is 4.90 Å². The first-order valence-corrected chi connectivity index (χ1v) is 17.1. The predicted octanol–water partition coefficient (Wildman–Crippen LogP) is 13.4. The average Bonchev–Trinajstić information content (AvgIpc) is 3.81. The summed E-state index contributed by atoms with van der Waals surface area (Å²) in [7, 11) is 0. The van der Waals surface area contributed by atoms with Crippen LogP contribution in [-0.4, -0.2) is 4.98 Å². The van der Waals surface area contributed by atoms with Gasteiger partial charge in [0, 0.05) is 45.0 Å². The van der Waals surface area contributed by atoms with Crippen molar-refractivity contribution in [1.82, 2.24) is 4.98 Å². The number of rotatable bonds is 6. The SMILES string of the molecule is c1ccc(-c2nc3c(-c4ccc(N(c5ccc(-c6ccc7ccccc7c6)cc5)c5ccc6c(c5)oc5ccccc56)cc4)cccc3o2)cc1. The number of hydrogen-bond donors (Lipinski definition) is 0. The van der Waals surface area contributed by atoms with Crippen LogP contribution >= 0.6 is 0 Å². The molecule has 0 aliphatic heterocycles. The van der Waals surface area contributed by atoms with E-state index >= 15 is 0 Å². The van der Waals surface area contributed by atoms with Gasteiger partial charge in [-0.05, 0) is 94.2 Å². The molecule has 0 atom stereocenters. The van der Waals surface area contributed by atoms with Crippen molar-refractivity contribution in [3.05, 3.63) is 182 Å². The van der Waals surface area contributed by atoms with E-state index in [1.54, 1.807) is 0 Å². The normalized spacial score (nSPS) is 11.5. The minimum Gasteiger partial charge on any atom is -0.456 e. The molecule has 4 heteroatoms. The van der Waals surface area contributed by atoms with Gasteiger partial charge in [0.15, 0.2) is 5.58 Å². The third-order valence-corrected chi connectivity index (χ3v) is 9.71. The minimum atomic E-state index is 0.619. The van der Waals surface area contributed by atoms with Gasteiger partial charge in [0.2, 0.25) is 5.89 Å². The summed E-state index contributed by atoms with van der Waals surface area (Å²) in [6.45, 7) is 0. The van der Waals surface area contributed by atoms with E-state index in [0.717, 1.165) is 66.8 Å². The summed E-state index contributed by atoms with van der Waals surface area (Å²) in [5.41, 5.74) is 11.9. The fourth-order valence-electron chi connectivity index (χ4n) is 7.15. The molecular weight excluding hydrogens is 625 g/mol. The van der Waals surface area contributed by atoms with Crippen LogP contribution in [0.1, 0.15) is 0 Å². The van der Waals surface area contributed by atoms with E-state index in [2.05, 4.69) is 132 Å². The van der Waals surface area contributed by atoms with Crippen molar-refractivity contribution < 1.29 is 8.83 Å². The van der Waals surface area contributed by atoms with E-state index in [9.17, 15) is 0 Å². The van der Waals surface area contributed by atoms with Crippen LogP contribution < -0.4 is 4.90 Å². The van der Waals surface area contributed by atoms with Gasteiger partial charge < -0.3 is 13.7 Å². The number of aromatic nitrogens is 1. The third-order valence-electron chi connectivity index (χ3n) is 9.71. The minimum absolute atomic E-state index is 0.619. The first-order valence-electron chi connectivity index (χ1n) is 17.1. The molecule has 0 N–H and O–H groups in total. The molecule has 10 aromatic rings. The van der Waals surface area contributed by atoms with Crippen LogP contribution in [0, 0.1) is 0 Å². The Labute approximate surface area is 294 Å². The Kier molecular flexibility index (Phi) is 6.78. The molecule has 0 amide bonds. The molecule has 240 valence electrons. The Morgan fingerprint density at radius 2 is 1.02 bits per heavy atom. The van der Waals surface area contributed by atoms with Crippen LogP contribution in [0.25, 0.3) is 77.5 Å². The number of benzene rings is 8. The summed E-state index contributed by atoms with van der Waals surface area (Å²) in [4.78, 5) is 7.20. The molecule has 0 aliphatic carbocycles. The lowest BCUT2D eigenvalue weighted by Crippen LogP contribution is -2.09. The number of oxazole rings is 1. The maximum atomic E-state index is 6.34. The number of para-hydroxylation sites is 2. The zero-order chi connectivity index (χ0) is 33.7. The predicted molar refractivity (Wildman–Crippen MR) is 210 cm³/mol. The van der Waals surface area contributed by atoms with Crippen LogP contribution in [0.2, 0.25) is 0 Å². The Morgan fingerprint density at radius 1 is 0.373 bits per heavy atom. The van der Waals surface area contributed by atoms with Crippen molar-refractivity contribution in [3.63, 3.8) is 0 Å². The molecule has 0 bridgehead atoms. The molecule has 0 saturated heterocycles. The van der Waals surface area contributed by atoms with Crippen LogP contribution in [0.4, 0.5) is 17.1 Å². The molecule has 0 saturated carbocycles. The van der Waals surface area contributed by atoms with Gasteiger partial charge >= 0.3 is 0 Å². The highest BCUT2D eigenvalue weighted by molar-refractivity contribution is 6.06. The topological polar surface area (TPSA) is 42.4 Å². The molecule has 8 aromatic carbocycles. The summed E-state index contributed by atoms with van der Waals surface area (Å²) in [6.07, 6.45) is 0. The summed E-state index contributed by atoms with van der Waals surface area (Å²) in [6, 6.07) is 63.4. The van der Waals surface area contributed by atoms with Crippen LogP contribution in [0.3, 0.4) is 0 Å². The number of anilines is 3. The number of nitrogens with zero attached hydrogens (tertiary/aromatic N) is 2. The van der Waals surface area contributed by atoms with Crippen molar-refractivity contribution in [2.24, 2.45) is 0 Å². The first-order chi connectivity index (χ1) is 25.2. The van der Waals surface area contributed by atoms with Gasteiger partial charge in [-0.1, -0.05) is 109 Å². The molecule has 0 spiro atoms. The lowest BCUT2D eigenvalue weighted by Gasteiger charge is -2.26. The number of furan rings is 1. The highest BCUT2D eigenvalue weighted by Crippen LogP contribution is 2.40. The second kappa shape index (κ2) is 11.9. The lowest BCUT2D eigenvalue weighted by molar-refractivity contribution is 0.620. The van der Waals surface area contributed by atoms with Gasteiger partial charge in [-0.3, -0.25) is 0 Å². The number of hydrogen-bond acceptors (Lipinski definition) is 4. The number of fused-ring (bicyclic) bond motifs is 5. The third kappa shape index (κ3) is 5.13. The van der Waals surface area contributed by atoms with Crippen molar-refractivity contribution in [3.8, 4) is 33.7 Å². The van der Waals surface area contributed by atoms with Gasteiger partial charge in [0.1, 0.15) is 16.7 Å². The zero-order valence-corrected chi connectivity index (χ0v) is 27.5. The van der Waals surface area contributed by atoms with E-state index < -0.39 is 0 Å². The summed E-state index contributed by atoms with van der Waals surface area (Å²) in [5.74, 6) is 0.619. The van der Waals surface area contributed by atoms with E-state index in [1.807, 2.05) is 54.6 Å². The fraction of sp³-hybridized carbons (Fsp3) is 0. The molecule has 4 nitrogen and oxygen atoms in total. The maximum absolute atomic E-state index is 6.34. The van der Waals surface area contributed by atoms with Crippen LogP contribution in [-0.2, 0) is 0 Å². The maximum Gasteiger partial charge on any atom is 0.227 e. The monoisotopic (exact) mass is 654 g/mol. The summed E-state index contributed by atoms with van der Waals surface area (Å²) < 4.78 is 12.5. The summed E-state index contributed by atoms with van der Waals surface area (Å²) in [5, 5.41) is 4.70. The molecule has 51 heavy (non-hydrogen) atoms.